The molecular formula is C14H12N2O4. The second-order valence-electron chi connectivity index (χ2n) is 4.09. The predicted molar refractivity (Wildman–Crippen MR) is 71.6 cm³/mol. The Morgan fingerprint density at radius 1 is 1.40 bits per heavy atom. The lowest BCUT2D eigenvalue weighted by molar-refractivity contribution is -0.117. The third kappa shape index (κ3) is 2.95. The van der Waals surface area contributed by atoms with Gasteiger partial charge in [0.05, 0.1) is 0 Å². The molecule has 0 radical (unpaired) electrons. The SMILES string of the molecule is CCCNC(=O)/C(C#N)=C/c1ccc2oc(=O)oc2c1. The Morgan fingerprint density at radius 3 is 2.85 bits per heavy atom. The van der Waals surface area contributed by atoms with Gasteiger partial charge in [-0.1, -0.05) is 13.0 Å². The van der Waals surface area contributed by atoms with Gasteiger partial charge in [0.25, 0.3) is 5.91 Å². The van der Waals surface area contributed by atoms with Crippen LogP contribution < -0.4 is 11.1 Å². The fourth-order valence-electron chi connectivity index (χ4n) is 1.63. The van der Waals surface area contributed by atoms with Crippen molar-refractivity contribution in [2.75, 3.05) is 6.54 Å². The van der Waals surface area contributed by atoms with Gasteiger partial charge in [-0.25, -0.2) is 4.79 Å². The largest absolute Gasteiger partial charge is 0.519 e. The van der Waals surface area contributed by atoms with Gasteiger partial charge in [-0.05, 0) is 30.2 Å². The van der Waals surface area contributed by atoms with Crippen molar-refractivity contribution in [3.05, 3.63) is 40.0 Å². The monoisotopic (exact) mass is 272 g/mol. The second kappa shape index (κ2) is 5.89. The maximum Gasteiger partial charge on any atom is 0.519 e. The smallest absolute Gasteiger partial charge is 0.391 e. The number of nitriles is 1. The van der Waals surface area contributed by atoms with Gasteiger partial charge in [-0.2, -0.15) is 5.26 Å². The summed E-state index contributed by atoms with van der Waals surface area (Å²) >= 11 is 0. The minimum Gasteiger partial charge on any atom is -0.391 e. The van der Waals surface area contributed by atoms with Crippen LogP contribution in [0.25, 0.3) is 17.2 Å². The van der Waals surface area contributed by atoms with Gasteiger partial charge in [0.15, 0.2) is 11.2 Å². The Balaban J connectivity index is 2.32. The standard InChI is InChI=1S/C14H12N2O4/c1-2-5-16-13(17)10(8-15)6-9-3-4-11-12(7-9)20-14(18)19-11/h3-4,6-7H,2,5H2,1H3,(H,16,17)/b10-6+. The zero-order chi connectivity index (χ0) is 14.5. The van der Waals surface area contributed by atoms with E-state index in [0.29, 0.717) is 17.7 Å². The molecule has 1 N–H and O–H groups in total. The quantitative estimate of drug-likeness (QED) is 0.676. The Hall–Kier alpha value is -2.81. The van der Waals surface area contributed by atoms with Crippen molar-refractivity contribution in [3.8, 4) is 6.07 Å². The van der Waals surface area contributed by atoms with Crippen LogP contribution in [-0.4, -0.2) is 12.5 Å². The molecule has 0 aliphatic heterocycles. The summed E-state index contributed by atoms with van der Waals surface area (Å²) in [7, 11) is 0. The van der Waals surface area contributed by atoms with Gasteiger partial charge in [-0.15, -0.1) is 0 Å². The number of amides is 1. The molecule has 0 spiro atoms. The van der Waals surface area contributed by atoms with Crippen LogP contribution >= 0.6 is 0 Å². The molecule has 0 saturated carbocycles. The zero-order valence-corrected chi connectivity index (χ0v) is 10.8. The lowest BCUT2D eigenvalue weighted by Gasteiger charge is -2.01. The number of carbonyl (C=O) groups is 1. The molecule has 6 nitrogen and oxygen atoms in total. The van der Waals surface area contributed by atoms with E-state index in [2.05, 4.69) is 5.32 Å². The lowest BCUT2D eigenvalue weighted by Crippen LogP contribution is -2.25. The molecule has 6 heteroatoms. The van der Waals surface area contributed by atoms with Gasteiger partial charge in [0.1, 0.15) is 11.6 Å². The van der Waals surface area contributed by atoms with Gasteiger partial charge in [-0.3, -0.25) is 4.79 Å². The molecule has 1 aromatic heterocycles. The maximum atomic E-state index is 11.7. The molecule has 102 valence electrons. The Bertz CT molecular complexity index is 761. The highest BCUT2D eigenvalue weighted by Crippen LogP contribution is 2.16. The van der Waals surface area contributed by atoms with Crippen LogP contribution in [0.4, 0.5) is 0 Å². The molecule has 1 aromatic carbocycles. The Kier molecular flexibility index (Phi) is 4.01. The minimum absolute atomic E-state index is 0.0105. The summed E-state index contributed by atoms with van der Waals surface area (Å²) in [4.78, 5) is 22.7. The first-order chi connectivity index (χ1) is 9.63. The first-order valence-electron chi connectivity index (χ1n) is 6.07. The Labute approximate surface area is 114 Å². The molecule has 0 fully saturated rings. The molecule has 1 heterocycles. The van der Waals surface area contributed by atoms with Crippen molar-refractivity contribution < 1.29 is 13.6 Å². The van der Waals surface area contributed by atoms with Crippen molar-refractivity contribution in [1.29, 1.82) is 5.26 Å². The Morgan fingerprint density at radius 2 is 2.15 bits per heavy atom. The minimum atomic E-state index is -0.790. The van der Waals surface area contributed by atoms with Crippen molar-refractivity contribution in [3.63, 3.8) is 0 Å². The molecule has 2 rings (SSSR count). The van der Waals surface area contributed by atoms with E-state index in [1.54, 1.807) is 12.1 Å². The number of fused-ring (bicyclic) bond motifs is 1. The van der Waals surface area contributed by atoms with E-state index < -0.39 is 11.7 Å². The van der Waals surface area contributed by atoms with E-state index in [0.717, 1.165) is 6.42 Å². The van der Waals surface area contributed by atoms with Gasteiger partial charge in [0, 0.05) is 6.54 Å². The number of hydrogen-bond acceptors (Lipinski definition) is 5. The molecule has 0 unspecified atom stereocenters. The zero-order valence-electron chi connectivity index (χ0n) is 10.8. The van der Waals surface area contributed by atoms with Crippen molar-refractivity contribution in [2.45, 2.75) is 13.3 Å². The van der Waals surface area contributed by atoms with Gasteiger partial charge < -0.3 is 14.2 Å². The number of benzene rings is 1. The summed E-state index contributed by atoms with van der Waals surface area (Å²) in [5.74, 6) is -1.22. The van der Waals surface area contributed by atoms with Crippen molar-refractivity contribution >= 4 is 23.1 Å². The lowest BCUT2D eigenvalue weighted by atomic mass is 10.1. The third-order valence-corrected chi connectivity index (χ3v) is 2.57. The van der Waals surface area contributed by atoms with Gasteiger partial charge in [0.2, 0.25) is 0 Å². The number of hydrogen-bond donors (Lipinski definition) is 1. The molecule has 20 heavy (non-hydrogen) atoms. The van der Waals surface area contributed by atoms with E-state index in [4.69, 9.17) is 14.1 Å². The molecule has 0 aliphatic rings. The molecular weight excluding hydrogens is 260 g/mol. The number of nitrogens with zero attached hydrogens (tertiary/aromatic N) is 1. The van der Waals surface area contributed by atoms with Crippen molar-refractivity contribution in [1.82, 2.24) is 5.32 Å². The van der Waals surface area contributed by atoms with E-state index >= 15 is 0 Å². The van der Waals surface area contributed by atoms with E-state index in [1.165, 1.54) is 12.1 Å². The highest BCUT2D eigenvalue weighted by molar-refractivity contribution is 6.01. The van der Waals surface area contributed by atoms with Crippen LogP contribution in [0.5, 0.6) is 0 Å². The average molecular weight is 272 g/mol. The summed E-state index contributed by atoms with van der Waals surface area (Å²) in [5.41, 5.74) is 1.16. The fourth-order valence-corrected chi connectivity index (χ4v) is 1.63. The van der Waals surface area contributed by atoms with E-state index in [9.17, 15) is 9.59 Å². The summed E-state index contributed by atoms with van der Waals surface area (Å²) in [5, 5.41) is 11.6. The summed E-state index contributed by atoms with van der Waals surface area (Å²) in [6, 6.07) is 6.56. The van der Waals surface area contributed by atoms with Crippen LogP contribution in [0.3, 0.4) is 0 Å². The van der Waals surface area contributed by atoms with Crippen molar-refractivity contribution in [2.24, 2.45) is 0 Å². The summed E-state index contributed by atoms with van der Waals surface area (Å²) < 4.78 is 9.58. The molecule has 1 amide bonds. The van der Waals surface area contributed by atoms with Crippen LogP contribution in [0.2, 0.25) is 0 Å². The van der Waals surface area contributed by atoms with Crippen LogP contribution in [0, 0.1) is 11.3 Å². The average Bonchev–Trinajstić information content (AvgIpc) is 2.81. The van der Waals surface area contributed by atoms with E-state index in [-0.39, 0.29) is 11.2 Å². The highest BCUT2D eigenvalue weighted by Gasteiger charge is 2.09. The van der Waals surface area contributed by atoms with E-state index in [1.807, 2.05) is 13.0 Å². The molecule has 0 aliphatic carbocycles. The fraction of sp³-hybridized carbons (Fsp3) is 0.214. The van der Waals surface area contributed by atoms with Gasteiger partial charge >= 0.3 is 5.82 Å². The molecule has 0 saturated heterocycles. The number of rotatable bonds is 4. The molecule has 2 aromatic rings. The summed E-state index contributed by atoms with van der Waals surface area (Å²) in [6.07, 6.45) is 2.22. The summed E-state index contributed by atoms with van der Waals surface area (Å²) in [6.45, 7) is 2.43. The van der Waals surface area contributed by atoms with Crippen LogP contribution in [0.15, 0.2) is 37.4 Å². The predicted octanol–water partition coefficient (Wildman–Crippen LogP) is 1.82. The third-order valence-electron chi connectivity index (χ3n) is 2.57. The number of nitrogens with one attached hydrogen (secondary N) is 1. The topological polar surface area (TPSA) is 96.2 Å². The molecule has 0 bridgehead atoms. The maximum absolute atomic E-state index is 11.7. The number of carbonyl (C=O) groups excluding carboxylic acids is 1. The first kappa shape index (κ1) is 13.6. The molecule has 0 atom stereocenters. The van der Waals surface area contributed by atoms with Crippen LogP contribution in [0.1, 0.15) is 18.9 Å². The van der Waals surface area contributed by atoms with Crippen LogP contribution in [-0.2, 0) is 4.79 Å². The second-order valence-corrected chi connectivity index (χ2v) is 4.09. The first-order valence-corrected chi connectivity index (χ1v) is 6.07. The normalized spacial score (nSPS) is 11.3. The highest BCUT2D eigenvalue weighted by atomic mass is 16.6.